The Bertz CT molecular complexity index is 517. The molecule has 3 rings (SSSR count). The first-order chi connectivity index (χ1) is 7.75. The molecule has 4 heteroatoms. The van der Waals surface area contributed by atoms with E-state index in [0.29, 0.717) is 12.0 Å². The zero-order valence-corrected chi connectivity index (χ0v) is 9.62. The maximum atomic E-state index is 4.60. The molecule has 84 valence electrons. The van der Waals surface area contributed by atoms with Gasteiger partial charge in [0, 0.05) is 18.2 Å². The van der Waals surface area contributed by atoms with Crippen LogP contribution < -0.4 is 5.32 Å². The Morgan fingerprint density at radius 1 is 1.44 bits per heavy atom. The number of imidazole rings is 1. The first kappa shape index (κ1) is 9.78. The highest BCUT2D eigenvalue weighted by Gasteiger charge is 2.27. The maximum absolute atomic E-state index is 4.60. The summed E-state index contributed by atoms with van der Waals surface area (Å²) >= 11 is 0. The second-order valence-electron chi connectivity index (χ2n) is 4.59. The minimum atomic E-state index is 0.494. The predicted molar refractivity (Wildman–Crippen MR) is 63.4 cm³/mol. The molecular formula is C12H16N4. The van der Waals surface area contributed by atoms with Gasteiger partial charge in [-0.05, 0) is 38.4 Å². The van der Waals surface area contributed by atoms with E-state index < -0.39 is 0 Å². The van der Waals surface area contributed by atoms with E-state index in [1.165, 1.54) is 5.56 Å². The van der Waals surface area contributed by atoms with Crippen LogP contribution in [0.2, 0.25) is 0 Å². The molecular weight excluding hydrogens is 200 g/mol. The quantitative estimate of drug-likeness (QED) is 0.763. The first-order valence-electron chi connectivity index (χ1n) is 5.80. The second kappa shape index (κ2) is 3.56. The smallest absolute Gasteiger partial charge is 0.177 e. The van der Waals surface area contributed by atoms with Crippen LogP contribution in [-0.4, -0.2) is 27.5 Å². The van der Waals surface area contributed by atoms with Crippen molar-refractivity contribution in [3.8, 4) is 0 Å². The average molecular weight is 216 g/mol. The van der Waals surface area contributed by atoms with Crippen LogP contribution in [0.5, 0.6) is 0 Å². The van der Waals surface area contributed by atoms with Gasteiger partial charge in [-0.15, -0.1) is 0 Å². The van der Waals surface area contributed by atoms with Gasteiger partial charge in [0.05, 0.1) is 5.52 Å². The maximum Gasteiger partial charge on any atom is 0.177 e. The Hall–Kier alpha value is -1.42. The van der Waals surface area contributed by atoms with E-state index in [1.54, 1.807) is 0 Å². The van der Waals surface area contributed by atoms with Crippen molar-refractivity contribution < 1.29 is 0 Å². The molecule has 1 aliphatic heterocycles. The van der Waals surface area contributed by atoms with Gasteiger partial charge in [-0.1, -0.05) is 0 Å². The summed E-state index contributed by atoms with van der Waals surface area (Å²) in [6.45, 7) is 5.38. The molecule has 2 atom stereocenters. The van der Waals surface area contributed by atoms with E-state index >= 15 is 0 Å². The minimum absolute atomic E-state index is 0.494. The largest absolute Gasteiger partial charge is 0.340 e. The molecule has 0 radical (unpaired) electrons. The third-order valence-electron chi connectivity index (χ3n) is 3.50. The number of pyridine rings is 1. The zero-order chi connectivity index (χ0) is 11.1. The lowest BCUT2D eigenvalue weighted by Gasteiger charge is -2.11. The van der Waals surface area contributed by atoms with Crippen LogP contribution in [0.25, 0.3) is 11.2 Å². The van der Waals surface area contributed by atoms with Crippen molar-refractivity contribution in [2.75, 3.05) is 6.54 Å². The summed E-state index contributed by atoms with van der Waals surface area (Å²) in [5.41, 5.74) is 3.13. The Balaban J connectivity index is 2.08. The summed E-state index contributed by atoms with van der Waals surface area (Å²) in [5, 5.41) is 3.45. The number of fused-ring (bicyclic) bond motifs is 1. The summed E-state index contributed by atoms with van der Waals surface area (Å²) in [5.74, 6) is 1.57. The first-order valence-corrected chi connectivity index (χ1v) is 5.80. The molecule has 2 aromatic rings. The monoisotopic (exact) mass is 216 g/mol. The van der Waals surface area contributed by atoms with Crippen LogP contribution in [0.1, 0.15) is 30.7 Å². The van der Waals surface area contributed by atoms with Crippen molar-refractivity contribution in [3.63, 3.8) is 0 Å². The summed E-state index contributed by atoms with van der Waals surface area (Å²) in [6, 6.07) is 2.52. The van der Waals surface area contributed by atoms with Crippen LogP contribution in [-0.2, 0) is 0 Å². The average Bonchev–Trinajstić information content (AvgIpc) is 2.84. The lowest BCUT2D eigenvalue weighted by atomic mass is 10.0. The van der Waals surface area contributed by atoms with E-state index in [9.17, 15) is 0 Å². The van der Waals surface area contributed by atoms with Crippen molar-refractivity contribution in [1.29, 1.82) is 0 Å². The lowest BCUT2D eigenvalue weighted by molar-refractivity contribution is 0.574. The highest BCUT2D eigenvalue weighted by atomic mass is 15.0. The number of hydrogen-bond donors (Lipinski definition) is 2. The van der Waals surface area contributed by atoms with Crippen LogP contribution in [0.15, 0.2) is 12.3 Å². The van der Waals surface area contributed by atoms with E-state index in [4.69, 9.17) is 0 Å². The molecule has 2 aromatic heterocycles. The molecule has 0 aliphatic carbocycles. The molecule has 1 fully saturated rings. The standard InChI is InChI=1S/C12H16N4/c1-7-3-5-14-12-10(7)15-11(16-12)9-4-6-13-8(9)2/h3,5,8-9,13H,4,6H2,1-2H3,(H,14,15,16). The van der Waals surface area contributed by atoms with Gasteiger partial charge < -0.3 is 10.3 Å². The van der Waals surface area contributed by atoms with E-state index in [2.05, 4.69) is 34.1 Å². The van der Waals surface area contributed by atoms with Gasteiger partial charge in [-0.25, -0.2) is 9.97 Å². The van der Waals surface area contributed by atoms with Gasteiger partial charge in [0.15, 0.2) is 5.65 Å². The number of aromatic amines is 1. The molecule has 16 heavy (non-hydrogen) atoms. The Morgan fingerprint density at radius 2 is 2.31 bits per heavy atom. The van der Waals surface area contributed by atoms with Crippen LogP contribution in [0.4, 0.5) is 0 Å². The van der Waals surface area contributed by atoms with Crippen molar-refractivity contribution >= 4 is 11.2 Å². The van der Waals surface area contributed by atoms with Gasteiger partial charge in [-0.3, -0.25) is 0 Å². The summed E-state index contributed by atoms with van der Waals surface area (Å²) in [7, 11) is 0. The number of aromatic nitrogens is 3. The molecule has 2 unspecified atom stereocenters. The van der Waals surface area contributed by atoms with Crippen molar-refractivity contribution in [2.45, 2.75) is 32.2 Å². The highest BCUT2D eigenvalue weighted by molar-refractivity contribution is 5.74. The number of nitrogens with one attached hydrogen (secondary N) is 2. The van der Waals surface area contributed by atoms with Crippen LogP contribution in [0, 0.1) is 6.92 Å². The predicted octanol–water partition coefficient (Wildman–Crippen LogP) is 1.73. The summed E-state index contributed by atoms with van der Waals surface area (Å²) in [4.78, 5) is 12.3. The van der Waals surface area contributed by atoms with Gasteiger partial charge in [0.2, 0.25) is 0 Å². The fourth-order valence-corrected chi connectivity index (χ4v) is 2.46. The van der Waals surface area contributed by atoms with Crippen LogP contribution in [0.3, 0.4) is 0 Å². The summed E-state index contributed by atoms with van der Waals surface area (Å²) in [6.07, 6.45) is 2.97. The molecule has 0 bridgehead atoms. The second-order valence-corrected chi connectivity index (χ2v) is 4.59. The molecule has 0 amide bonds. The van der Waals surface area contributed by atoms with E-state index in [-0.39, 0.29) is 0 Å². The van der Waals surface area contributed by atoms with Crippen LogP contribution >= 0.6 is 0 Å². The fourth-order valence-electron chi connectivity index (χ4n) is 2.46. The van der Waals surface area contributed by atoms with Crippen molar-refractivity contribution in [2.24, 2.45) is 0 Å². The van der Waals surface area contributed by atoms with Gasteiger partial charge >= 0.3 is 0 Å². The number of nitrogens with zero attached hydrogens (tertiary/aromatic N) is 2. The third kappa shape index (κ3) is 1.41. The molecule has 1 aliphatic rings. The molecule has 0 saturated carbocycles. The normalized spacial score (nSPS) is 25.4. The zero-order valence-electron chi connectivity index (χ0n) is 9.62. The van der Waals surface area contributed by atoms with Gasteiger partial charge in [0.1, 0.15) is 5.82 Å². The lowest BCUT2D eigenvalue weighted by Crippen LogP contribution is -2.22. The molecule has 4 nitrogen and oxygen atoms in total. The molecule has 0 aromatic carbocycles. The molecule has 1 saturated heterocycles. The Morgan fingerprint density at radius 3 is 3.00 bits per heavy atom. The van der Waals surface area contributed by atoms with Gasteiger partial charge in [-0.2, -0.15) is 0 Å². The fraction of sp³-hybridized carbons (Fsp3) is 0.500. The number of H-pyrrole nitrogens is 1. The molecule has 2 N–H and O–H groups in total. The van der Waals surface area contributed by atoms with E-state index in [0.717, 1.165) is 30.0 Å². The van der Waals surface area contributed by atoms with E-state index in [1.807, 2.05) is 12.3 Å². The Labute approximate surface area is 94.5 Å². The summed E-state index contributed by atoms with van der Waals surface area (Å²) < 4.78 is 0. The Kier molecular flexibility index (Phi) is 2.17. The minimum Gasteiger partial charge on any atom is -0.340 e. The van der Waals surface area contributed by atoms with Crippen molar-refractivity contribution in [3.05, 3.63) is 23.7 Å². The number of hydrogen-bond acceptors (Lipinski definition) is 3. The third-order valence-corrected chi connectivity index (χ3v) is 3.50. The highest BCUT2D eigenvalue weighted by Crippen LogP contribution is 2.27. The SMILES string of the molecule is Cc1ccnc2nc(C3CCNC3C)[nH]c12. The molecule has 3 heterocycles. The number of rotatable bonds is 1. The van der Waals surface area contributed by atoms with Gasteiger partial charge in [0.25, 0.3) is 0 Å². The molecule has 0 spiro atoms. The number of aryl methyl sites for hydroxylation is 1. The topological polar surface area (TPSA) is 53.6 Å². The van der Waals surface area contributed by atoms with Crippen molar-refractivity contribution in [1.82, 2.24) is 20.3 Å².